The number of aliphatic hydroxyl groups excluding tert-OH is 1. The van der Waals surface area contributed by atoms with Crippen molar-refractivity contribution in [2.24, 2.45) is 23.7 Å². The van der Waals surface area contributed by atoms with Crippen molar-refractivity contribution in [1.82, 2.24) is 4.90 Å². The summed E-state index contributed by atoms with van der Waals surface area (Å²) in [5, 5.41) is 10.4. The lowest BCUT2D eigenvalue weighted by Crippen LogP contribution is -2.59. The van der Waals surface area contributed by atoms with Gasteiger partial charge in [-0.05, 0) is 38.0 Å². The molecule has 1 N–H and O–H groups in total. The van der Waals surface area contributed by atoms with Gasteiger partial charge in [-0.2, -0.15) is 0 Å². The first kappa shape index (κ1) is 11.3. The quantitative estimate of drug-likeness (QED) is 0.704. The highest BCUT2D eigenvalue weighted by molar-refractivity contribution is 5.81. The fourth-order valence-corrected chi connectivity index (χ4v) is 4.20. The number of carbonyl (C=O) groups is 1. The van der Waals surface area contributed by atoms with Crippen molar-refractivity contribution in [1.29, 1.82) is 0 Å². The molecule has 1 saturated heterocycles. The molecule has 5 atom stereocenters. The van der Waals surface area contributed by atoms with E-state index in [0.717, 1.165) is 12.8 Å². The van der Waals surface area contributed by atoms with Gasteiger partial charge in [0, 0.05) is 18.4 Å². The van der Waals surface area contributed by atoms with E-state index in [-0.39, 0.29) is 11.8 Å². The Morgan fingerprint density at radius 1 is 1.47 bits per heavy atom. The molecule has 1 aliphatic heterocycles. The maximum Gasteiger partial charge on any atom is 0.228 e. The number of piperidine rings is 1. The van der Waals surface area contributed by atoms with Crippen LogP contribution in [0.3, 0.4) is 0 Å². The Morgan fingerprint density at radius 2 is 2.29 bits per heavy atom. The lowest BCUT2D eigenvalue weighted by molar-refractivity contribution is -0.175. The van der Waals surface area contributed by atoms with E-state index < -0.39 is 6.23 Å². The van der Waals surface area contributed by atoms with Gasteiger partial charge in [-0.25, -0.2) is 0 Å². The zero-order valence-electron chi connectivity index (χ0n) is 10.4. The summed E-state index contributed by atoms with van der Waals surface area (Å²) in [4.78, 5) is 14.1. The average molecular weight is 235 g/mol. The molecular formula is C14H21NO2. The van der Waals surface area contributed by atoms with E-state index in [1.165, 1.54) is 12.8 Å². The standard InChI is InChI=1S/C14H21NO2/c1-2-15-13(16)10-7-3-5-9-6-4-8-11(12(9)10)14(15)17/h3,5,9-12,14,17H,2,4,6-8H2,1H3. The molecule has 2 fully saturated rings. The number of amides is 1. The van der Waals surface area contributed by atoms with E-state index in [0.29, 0.717) is 24.3 Å². The van der Waals surface area contributed by atoms with Gasteiger partial charge in [-0.15, -0.1) is 0 Å². The Bertz CT molecular complexity index is 352. The van der Waals surface area contributed by atoms with Gasteiger partial charge in [0.1, 0.15) is 6.23 Å². The Hall–Kier alpha value is -0.830. The van der Waals surface area contributed by atoms with Gasteiger partial charge in [0.15, 0.2) is 0 Å². The molecule has 0 aromatic heterocycles. The molecule has 1 amide bonds. The normalized spacial score (nSPS) is 44.7. The van der Waals surface area contributed by atoms with Crippen LogP contribution in [0.15, 0.2) is 12.2 Å². The molecule has 0 aromatic carbocycles. The molecule has 3 nitrogen and oxygen atoms in total. The van der Waals surface area contributed by atoms with Crippen molar-refractivity contribution in [2.75, 3.05) is 6.54 Å². The molecule has 17 heavy (non-hydrogen) atoms. The van der Waals surface area contributed by atoms with Crippen molar-refractivity contribution < 1.29 is 9.90 Å². The van der Waals surface area contributed by atoms with E-state index in [2.05, 4.69) is 12.2 Å². The second kappa shape index (κ2) is 4.13. The highest BCUT2D eigenvalue weighted by Crippen LogP contribution is 2.49. The molecule has 3 rings (SSSR count). The summed E-state index contributed by atoms with van der Waals surface area (Å²) < 4.78 is 0. The summed E-state index contributed by atoms with van der Waals surface area (Å²) in [7, 11) is 0. The van der Waals surface area contributed by atoms with E-state index in [1.54, 1.807) is 4.90 Å². The Morgan fingerprint density at radius 3 is 3.06 bits per heavy atom. The lowest BCUT2D eigenvalue weighted by atomic mass is 9.60. The highest BCUT2D eigenvalue weighted by atomic mass is 16.3. The van der Waals surface area contributed by atoms with Crippen LogP contribution >= 0.6 is 0 Å². The van der Waals surface area contributed by atoms with Gasteiger partial charge in [0.2, 0.25) is 5.91 Å². The van der Waals surface area contributed by atoms with Gasteiger partial charge in [-0.3, -0.25) is 4.79 Å². The fourth-order valence-electron chi connectivity index (χ4n) is 4.20. The van der Waals surface area contributed by atoms with Crippen LogP contribution in [0.5, 0.6) is 0 Å². The third-order valence-electron chi connectivity index (χ3n) is 4.94. The van der Waals surface area contributed by atoms with Crippen LogP contribution in [0.2, 0.25) is 0 Å². The van der Waals surface area contributed by atoms with E-state index in [4.69, 9.17) is 0 Å². The minimum absolute atomic E-state index is 0.138. The first-order valence-electron chi connectivity index (χ1n) is 6.89. The smallest absolute Gasteiger partial charge is 0.228 e. The van der Waals surface area contributed by atoms with Gasteiger partial charge in [-0.1, -0.05) is 18.6 Å². The third-order valence-corrected chi connectivity index (χ3v) is 4.94. The summed E-state index contributed by atoms with van der Waals surface area (Å²) in [6.45, 7) is 2.59. The number of nitrogens with zero attached hydrogens (tertiary/aromatic N) is 1. The first-order chi connectivity index (χ1) is 8.24. The topological polar surface area (TPSA) is 40.5 Å². The van der Waals surface area contributed by atoms with E-state index >= 15 is 0 Å². The molecule has 94 valence electrons. The summed E-state index contributed by atoms with van der Waals surface area (Å²) in [5.41, 5.74) is 0. The van der Waals surface area contributed by atoms with Crippen molar-refractivity contribution in [3.05, 3.63) is 12.2 Å². The number of hydrogen-bond acceptors (Lipinski definition) is 2. The van der Waals surface area contributed by atoms with Crippen molar-refractivity contribution in [3.63, 3.8) is 0 Å². The Labute approximate surface area is 102 Å². The van der Waals surface area contributed by atoms with Crippen LogP contribution in [0, 0.1) is 23.7 Å². The van der Waals surface area contributed by atoms with Crippen LogP contribution < -0.4 is 0 Å². The number of hydrogen-bond donors (Lipinski definition) is 1. The summed E-state index contributed by atoms with van der Waals surface area (Å²) >= 11 is 0. The van der Waals surface area contributed by atoms with Crippen LogP contribution in [-0.4, -0.2) is 28.7 Å². The van der Waals surface area contributed by atoms with Crippen LogP contribution in [0.4, 0.5) is 0 Å². The largest absolute Gasteiger partial charge is 0.373 e. The molecule has 3 heteroatoms. The predicted molar refractivity (Wildman–Crippen MR) is 65.0 cm³/mol. The zero-order chi connectivity index (χ0) is 12.0. The van der Waals surface area contributed by atoms with Crippen LogP contribution in [-0.2, 0) is 4.79 Å². The molecule has 0 aromatic rings. The minimum atomic E-state index is -0.539. The first-order valence-corrected chi connectivity index (χ1v) is 6.89. The molecule has 1 heterocycles. The van der Waals surface area contributed by atoms with Crippen molar-refractivity contribution >= 4 is 5.91 Å². The molecular weight excluding hydrogens is 214 g/mol. The van der Waals surface area contributed by atoms with Gasteiger partial charge in [0.05, 0.1) is 0 Å². The van der Waals surface area contributed by atoms with E-state index in [1.807, 2.05) is 6.92 Å². The zero-order valence-corrected chi connectivity index (χ0v) is 10.4. The summed E-state index contributed by atoms with van der Waals surface area (Å²) in [6, 6.07) is 0. The van der Waals surface area contributed by atoms with Crippen LogP contribution in [0.25, 0.3) is 0 Å². The van der Waals surface area contributed by atoms with E-state index in [9.17, 15) is 9.90 Å². The lowest BCUT2D eigenvalue weighted by Gasteiger charge is -2.52. The second-order valence-corrected chi connectivity index (χ2v) is 5.64. The molecule has 3 aliphatic rings. The number of rotatable bonds is 1. The number of likely N-dealkylation sites (tertiary alicyclic amines) is 1. The SMILES string of the molecule is CCN1C(=O)C2CC=CC3CCCC(C32)C1O. The number of allylic oxidation sites excluding steroid dienone is 2. The fraction of sp³-hybridized carbons (Fsp3) is 0.786. The molecule has 5 unspecified atom stereocenters. The molecule has 2 aliphatic carbocycles. The average Bonchev–Trinajstić information content (AvgIpc) is 2.36. The van der Waals surface area contributed by atoms with Gasteiger partial charge >= 0.3 is 0 Å². The van der Waals surface area contributed by atoms with Gasteiger partial charge in [0.25, 0.3) is 0 Å². The molecule has 0 spiro atoms. The molecule has 0 radical (unpaired) electrons. The highest BCUT2D eigenvalue weighted by Gasteiger charge is 2.51. The molecule has 0 bridgehead atoms. The third kappa shape index (κ3) is 1.55. The predicted octanol–water partition coefficient (Wildman–Crippen LogP) is 1.78. The van der Waals surface area contributed by atoms with Crippen molar-refractivity contribution in [2.45, 2.75) is 38.8 Å². The Balaban J connectivity index is 1.96. The summed E-state index contributed by atoms with van der Waals surface area (Å²) in [6.07, 6.45) is 8.26. The number of aliphatic hydroxyl groups is 1. The second-order valence-electron chi connectivity index (χ2n) is 5.64. The Kier molecular flexibility index (Phi) is 2.74. The van der Waals surface area contributed by atoms with Crippen LogP contribution in [0.1, 0.15) is 32.6 Å². The minimum Gasteiger partial charge on any atom is -0.373 e. The maximum absolute atomic E-state index is 12.4. The summed E-state index contributed by atoms with van der Waals surface area (Å²) in [5.74, 6) is 1.56. The maximum atomic E-state index is 12.4. The van der Waals surface area contributed by atoms with Crippen molar-refractivity contribution in [3.8, 4) is 0 Å². The molecule has 1 saturated carbocycles. The van der Waals surface area contributed by atoms with Gasteiger partial charge < -0.3 is 10.0 Å². The monoisotopic (exact) mass is 235 g/mol. The number of carbonyl (C=O) groups excluding carboxylic acids is 1.